The van der Waals surface area contributed by atoms with Crippen molar-refractivity contribution in [2.75, 3.05) is 11.1 Å². The summed E-state index contributed by atoms with van der Waals surface area (Å²) in [7, 11) is 0. The summed E-state index contributed by atoms with van der Waals surface area (Å²) in [5.41, 5.74) is 12.1. The zero-order valence-electron chi connectivity index (χ0n) is 12.4. The second kappa shape index (κ2) is 5.37. The fourth-order valence-corrected chi connectivity index (χ4v) is 2.51. The third kappa shape index (κ3) is 2.67. The van der Waals surface area contributed by atoms with Crippen molar-refractivity contribution < 1.29 is 4.79 Å². The van der Waals surface area contributed by atoms with Crippen LogP contribution < -0.4 is 11.1 Å². The molecule has 0 heterocycles. The highest BCUT2D eigenvalue weighted by Crippen LogP contribution is 2.23. The number of nitrogens with one attached hydrogen (secondary N) is 1. The molecule has 0 atom stereocenters. The molecule has 0 spiro atoms. The van der Waals surface area contributed by atoms with Crippen molar-refractivity contribution in [2.24, 2.45) is 0 Å². The van der Waals surface area contributed by atoms with E-state index in [9.17, 15) is 4.79 Å². The highest BCUT2D eigenvalue weighted by molar-refractivity contribution is 6.07. The fourth-order valence-electron chi connectivity index (χ4n) is 2.51. The molecule has 0 saturated heterocycles. The van der Waals surface area contributed by atoms with E-state index < -0.39 is 0 Å². The van der Waals surface area contributed by atoms with E-state index in [1.165, 1.54) is 0 Å². The van der Waals surface area contributed by atoms with Crippen molar-refractivity contribution in [3.05, 3.63) is 58.1 Å². The maximum absolute atomic E-state index is 12.5. The first-order valence-corrected chi connectivity index (χ1v) is 6.64. The van der Waals surface area contributed by atoms with Crippen LogP contribution in [0.25, 0.3) is 0 Å². The minimum Gasteiger partial charge on any atom is -0.398 e. The van der Waals surface area contributed by atoms with Gasteiger partial charge in [0.05, 0.1) is 0 Å². The average molecular weight is 268 g/mol. The number of rotatable bonds is 2. The molecule has 0 aliphatic rings. The average Bonchev–Trinajstić information content (AvgIpc) is 2.33. The van der Waals surface area contributed by atoms with Gasteiger partial charge in [0.25, 0.3) is 5.91 Å². The van der Waals surface area contributed by atoms with Gasteiger partial charge in [0.15, 0.2) is 0 Å². The van der Waals surface area contributed by atoms with Gasteiger partial charge in [-0.1, -0.05) is 23.8 Å². The lowest BCUT2D eigenvalue weighted by Crippen LogP contribution is -2.16. The predicted molar refractivity (Wildman–Crippen MR) is 84.2 cm³/mol. The molecule has 2 aromatic rings. The first-order chi connectivity index (χ1) is 9.40. The highest BCUT2D eigenvalue weighted by atomic mass is 16.1. The van der Waals surface area contributed by atoms with Crippen LogP contribution in [0.1, 0.15) is 32.6 Å². The number of carbonyl (C=O) groups excluding carboxylic acids is 1. The van der Waals surface area contributed by atoms with E-state index in [2.05, 4.69) is 5.32 Å². The molecule has 0 fully saturated rings. The summed E-state index contributed by atoms with van der Waals surface area (Å²) in [5, 5.41) is 2.95. The Bertz CT molecular complexity index is 652. The molecule has 3 heteroatoms. The van der Waals surface area contributed by atoms with Crippen molar-refractivity contribution in [3.63, 3.8) is 0 Å². The van der Waals surface area contributed by atoms with E-state index >= 15 is 0 Å². The van der Waals surface area contributed by atoms with Gasteiger partial charge in [-0.05, 0) is 56.5 Å². The number of hydrogen-bond donors (Lipinski definition) is 2. The van der Waals surface area contributed by atoms with Gasteiger partial charge in [-0.3, -0.25) is 4.79 Å². The van der Waals surface area contributed by atoms with Gasteiger partial charge in [-0.15, -0.1) is 0 Å². The number of hydrogen-bond acceptors (Lipinski definition) is 2. The van der Waals surface area contributed by atoms with Gasteiger partial charge < -0.3 is 11.1 Å². The summed E-state index contributed by atoms with van der Waals surface area (Å²) in [6.07, 6.45) is 0. The van der Waals surface area contributed by atoms with Crippen LogP contribution in [-0.2, 0) is 0 Å². The number of nitrogen functional groups attached to an aromatic ring is 1. The Hall–Kier alpha value is -2.29. The monoisotopic (exact) mass is 268 g/mol. The lowest BCUT2D eigenvalue weighted by Gasteiger charge is -2.14. The molecular weight excluding hydrogens is 248 g/mol. The van der Waals surface area contributed by atoms with Crippen LogP contribution in [0.2, 0.25) is 0 Å². The molecular formula is C17H20N2O. The molecule has 20 heavy (non-hydrogen) atoms. The molecule has 2 rings (SSSR count). The lowest BCUT2D eigenvalue weighted by molar-refractivity contribution is 0.102. The van der Waals surface area contributed by atoms with Gasteiger partial charge in [0.2, 0.25) is 0 Å². The van der Waals surface area contributed by atoms with Gasteiger partial charge in [-0.25, -0.2) is 0 Å². The molecule has 0 saturated carbocycles. The van der Waals surface area contributed by atoms with Crippen LogP contribution in [-0.4, -0.2) is 5.91 Å². The summed E-state index contributed by atoms with van der Waals surface area (Å²) < 4.78 is 0. The molecule has 0 bridgehead atoms. The quantitative estimate of drug-likeness (QED) is 0.815. The third-order valence-electron chi connectivity index (χ3n) is 3.53. The number of benzene rings is 2. The minimum atomic E-state index is -0.0892. The normalized spacial score (nSPS) is 10.4. The van der Waals surface area contributed by atoms with Gasteiger partial charge in [-0.2, -0.15) is 0 Å². The number of aryl methyl sites for hydroxylation is 3. The van der Waals surface area contributed by atoms with Gasteiger partial charge in [0.1, 0.15) is 0 Å². The number of amides is 1. The second-order valence-corrected chi connectivity index (χ2v) is 5.25. The maximum atomic E-state index is 12.5. The summed E-state index contributed by atoms with van der Waals surface area (Å²) in [4.78, 5) is 12.5. The number of anilines is 2. The maximum Gasteiger partial charge on any atom is 0.256 e. The first kappa shape index (κ1) is 14.1. The van der Waals surface area contributed by atoms with Crippen molar-refractivity contribution in [1.29, 1.82) is 0 Å². The topological polar surface area (TPSA) is 55.1 Å². The molecule has 0 unspecified atom stereocenters. The molecule has 2 aromatic carbocycles. The van der Waals surface area contributed by atoms with E-state index in [1.807, 2.05) is 58.0 Å². The molecule has 0 aliphatic heterocycles. The zero-order valence-corrected chi connectivity index (χ0v) is 12.4. The Morgan fingerprint density at radius 1 is 1.05 bits per heavy atom. The van der Waals surface area contributed by atoms with Gasteiger partial charge in [0, 0.05) is 16.9 Å². The van der Waals surface area contributed by atoms with E-state index in [-0.39, 0.29) is 5.91 Å². The Kier molecular flexibility index (Phi) is 3.79. The molecule has 3 N–H and O–H groups in total. The van der Waals surface area contributed by atoms with Crippen molar-refractivity contribution in [1.82, 2.24) is 0 Å². The van der Waals surface area contributed by atoms with Gasteiger partial charge >= 0.3 is 0 Å². The fraction of sp³-hybridized carbons (Fsp3) is 0.235. The smallest absolute Gasteiger partial charge is 0.256 e. The lowest BCUT2D eigenvalue weighted by atomic mass is 9.99. The molecule has 1 amide bonds. The van der Waals surface area contributed by atoms with Crippen LogP contribution in [0.5, 0.6) is 0 Å². The van der Waals surface area contributed by atoms with Crippen LogP contribution in [0.4, 0.5) is 11.4 Å². The van der Waals surface area contributed by atoms with Crippen molar-refractivity contribution in [3.8, 4) is 0 Å². The first-order valence-electron chi connectivity index (χ1n) is 6.64. The van der Waals surface area contributed by atoms with E-state index in [4.69, 9.17) is 5.73 Å². The molecule has 0 radical (unpaired) electrons. The molecule has 0 aliphatic carbocycles. The Morgan fingerprint density at radius 3 is 2.25 bits per heavy atom. The van der Waals surface area contributed by atoms with E-state index in [0.29, 0.717) is 5.69 Å². The molecule has 0 aromatic heterocycles. The summed E-state index contributed by atoms with van der Waals surface area (Å²) >= 11 is 0. The van der Waals surface area contributed by atoms with E-state index in [0.717, 1.165) is 33.5 Å². The summed E-state index contributed by atoms with van der Waals surface area (Å²) in [6, 6.07) is 9.57. The van der Waals surface area contributed by atoms with E-state index in [1.54, 1.807) is 0 Å². The number of nitrogens with two attached hydrogens (primary N) is 1. The Balaban J connectivity index is 2.36. The highest BCUT2D eigenvalue weighted by Gasteiger charge is 2.14. The zero-order chi connectivity index (χ0) is 14.9. The van der Waals surface area contributed by atoms with Crippen LogP contribution in [0.15, 0.2) is 30.3 Å². The molecule has 3 nitrogen and oxygen atoms in total. The molecule has 104 valence electrons. The SMILES string of the molecule is Cc1cc(C)c(C(=O)Nc2cccc(N)c2C)c(C)c1. The largest absolute Gasteiger partial charge is 0.398 e. The van der Waals surface area contributed by atoms with Crippen LogP contribution in [0, 0.1) is 27.7 Å². The second-order valence-electron chi connectivity index (χ2n) is 5.25. The van der Waals surface area contributed by atoms with Crippen molar-refractivity contribution >= 4 is 17.3 Å². The standard InChI is InChI=1S/C17H20N2O/c1-10-8-11(2)16(12(3)9-10)17(20)19-15-7-5-6-14(18)13(15)4/h5-9H,18H2,1-4H3,(H,19,20). The van der Waals surface area contributed by atoms with Crippen LogP contribution in [0.3, 0.4) is 0 Å². The minimum absolute atomic E-state index is 0.0892. The summed E-state index contributed by atoms with van der Waals surface area (Å²) in [6.45, 7) is 7.85. The number of carbonyl (C=O) groups is 1. The van der Waals surface area contributed by atoms with Crippen LogP contribution >= 0.6 is 0 Å². The third-order valence-corrected chi connectivity index (χ3v) is 3.53. The predicted octanol–water partition coefficient (Wildman–Crippen LogP) is 3.75. The Labute approximate surface area is 119 Å². The Morgan fingerprint density at radius 2 is 1.65 bits per heavy atom. The van der Waals surface area contributed by atoms with Crippen molar-refractivity contribution in [2.45, 2.75) is 27.7 Å². The summed E-state index contributed by atoms with van der Waals surface area (Å²) in [5.74, 6) is -0.0892.